The zero-order chi connectivity index (χ0) is 18.8. The molecule has 4 nitrogen and oxygen atoms in total. The fourth-order valence-electron chi connectivity index (χ4n) is 2.72. The maximum atomic E-state index is 11.1. The zero-order valence-electron chi connectivity index (χ0n) is 15.8. The molecule has 0 amide bonds. The highest BCUT2D eigenvalue weighted by Crippen LogP contribution is 2.27. The van der Waals surface area contributed by atoms with Gasteiger partial charge in [0.2, 0.25) is 0 Å². The van der Waals surface area contributed by atoms with Gasteiger partial charge in [0.1, 0.15) is 12.0 Å². The fraction of sp³-hybridized carbons (Fsp3) is 0.409. The van der Waals surface area contributed by atoms with Crippen LogP contribution in [0, 0.1) is 5.41 Å². The molecule has 0 aliphatic heterocycles. The van der Waals surface area contributed by atoms with Crippen molar-refractivity contribution in [2.75, 3.05) is 13.7 Å². The van der Waals surface area contributed by atoms with Crippen LogP contribution in [0.5, 0.6) is 5.75 Å². The summed E-state index contributed by atoms with van der Waals surface area (Å²) in [5, 5.41) is 0. The SMILES string of the molecule is COc1ccc(COCC(C)(C)[C@H](CC=O)OCc2ccccc2)cc1. The van der Waals surface area contributed by atoms with Gasteiger partial charge in [0.25, 0.3) is 0 Å². The van der Waals surface area contributed by atoms with Crippen molar-refractivity contribution < 1.29 is 19.0 Å². The Labute approximate surface area is 156 Å². The van der Waals surface area contributed by atoms with E-state index in [0.717, 1.165) is 23.2 Å². The van der Waals surface area contributed by atoms with Gasteiger partial charge in [0, 0.05) is 11.8 Å². The first-order valence-electron chi connectivity index (χ1n) is 8.85. The Morgan fingerprint density at radius 3 is 2.23 bits per heavy atom. The minimum absolute atomic E-state index is 0.198. The number of hydrogen-bond acceptors (Lipinski definition) is 4. The lowest BCUT2D eigenvalue weighted by atomic mass is 9.85. The van der Waals surface area contributed by atoms with E-state index < -0.39 is 0 Å². The van der Waals surface area contributed by atoms with Crippen LogP contribution >= 0.6 is 0 Å². The van der Waals surface area contributed by atoms with E-state index in [9.17, 15) is 4.79 Å². The van der Waals surface area contributed by atoms with E-state index in [-0.39, 0.29) is 11.5 Å². The molecule has 2 aromatic rings. The fourth-order valence-corrected chi connectivity index (χ4v) is 2.72. The second-order valence-electron chi connectivity index (χ2n) is 7.02. The van der Waals surface area contributed by atoms with Crippen molar-refractivity contribution in [3.8, 4) is 5.75 Å². The van der Waals surface area contributed by atoms with E-state index in [2.05, 4.69) is 13.8 Å². The first-order valence-corrected chi connectivity index (χ1v) is 8.85. The van der Waals surface area contributed by atoms with E-state index in [1.165, 1.54) is 0 Å². The molecule has 0 fully saturated rings. The van der Waals surface area contributed by atoms with Gasteiger partial charge in [-0.25, -0.2) is 0 Å². The van der Waals surface area contributed by atoms with Crippen LogP contribution in [0.25, 0.3) is 0 Å². The third kappa shape index (κ3) is 6.28. The molecule has 0 unspecified atom stereocenters. The number of methoxy groups -OCH3 is 1. The summed E-state index contributed by atoms with van der Waals surface area (Å²) in [6.07, 6.45) is 1.07. The minimum atomic E-state index is -0.276. The smallest absolute Gasteiger partial charge is 0.122 e. The van der Waals surface area contributed by atoms with Crippen LogP contribution < -0.4 is 4.74 Å². The number of hydrogen-bond donors (Lipinski definition) is 0. The van der Waals surface area contributed by atoms with Crippen LogP contribution in [0.2, 0.25) is 0 Å². The lowest BCUT2D eigenvalue weighted by Gasteiger charge is -2.33. The van der Waals surface area contributed by atoms with Gasteiger partial charge < -0.3 is 19.0 Å². The molecule has 0 bridgehead atoms. The summed E-state index contributed by atoms with van der Waals surface area (Å²) in [5.74, 6) is 0.828. The molecular weight excluding hydrogens is 328 g/mol. The van der Waals surface area contributed by atoms with Crippen LogP contribution in [0.3, 0.4) is 0 Å². The highest BCUT2D eigenvalue weighted by atomic mass is 16.5. The number of aldehydes is 1. The van der Waals surface area contributed by atoms with Crippen LogP contribution in [0.1, 0.15) is 31.4 Å². The molecule has 0 N–H and O–H groups in total. The van der Waals surface area contributed by atoms with Crippen molar-refractivity contribution in [2.24, 2.45) is 5.41 Å². The molecule has 0 aliphatic rings. The summed E-state index contributed by atoms with van der Waals surface area (Å²) in [6.45, 7) is 5.65. The molecule has 140 valence electrons. The van der Waals surface area contributed by atoms with Crippen molar-refractivity contribution >= 4 is 6.29 Å². The van der Waals surface area contributed by atoms with Gasteiger partial charge in [-0.05, 0) is 23.3 Å². The molecule has 1 atom stereocenters. The normalized spacial score (nSPS) is 12.6. The maximum absolute atomic E-state index is 11.1. The molecule has 0 spiro atoms. The van der Waals surface area contributed by atoms with Crippen molar-refractivity contribution in [1.82, 2.24) is 0 Å². The minimum Gasteiger partial charge on any atom is -0.497 e. The monoisotopic (exact) mass is 356 g/mol. The van der Waals surface area contributed by atoms with Crippen molar-refractivity contribution in [3.63, 3.8) is 0 Å². The lowest BCUT2D eigenvalue weighted by Crippen LogP contribution is -2.36. The van der Waals surface area contributed by atoms with E-state index in [4.69, 9.17) is 14.2 Å². The van der Waals surface area contributed by atoms with Gasteiger partial charge in [0.05, 0.1) is 33.0 Å². The Balaban J connectivity index is 1.87. The number of ether oxygens (including phenoxy) is 3. The average molecular weight is 356 g/mol. The Kier molecular flexibility index (Phi) is 7.82. The average Bonchev–Trinajstić information content (AvgIpc) is 2.66. The first-order chi connectivity index (χ1) is 12.5. The first kappa shape index (κ1) is 20.1. The lowest BCUT2D eigenvalue weighted by molar-refractivity contribution is -0.117. The second kappa shape index (κ2) is 10.1. The Morgan fingerprint density at radius 1 is 0.962 bits per heavy atom. The van der Waals surface area contributed by atoms with E-state index in [0.29, 0.717) is 26.2 Å². The van der Waals surface area contributed by atoms with Gasteiger partial charge >= 0.3 is 0 Å². The van der Waals surface area contributed by atoms with Crippen molar-refractivity contribution in [1.29, 1.82) is 0 Å². The van der Waals surface area contributed by atoms with Gasteiger partial charge in [-0.1, -0.05) is 56.3 Å². The zero-order valence-corrected chi connectivity index (χ0v) is 15.8. The Hall–Kier alpha value is -2.17. The van der Waals surface area contributed by atoms with E-state index >= 15 is 0 Å². The van der Waals surface area contributed by atoms with Crippen molar-refractivity contribution in [3.05, 3.63) is 65.7 Å². The van der Waals surface area contributed by atoms with Gasteiger partial charge in [-0.2, -0.15) is 0 Å². The Morgan fingerprint density at radius 2 is 1.62 bits per heavy atom. The predicted molar refractivity (Wildman–Crippen MR) is 102 cm³/mol. The summed E-state index contributed by atoms with van der Waals surface area (Å²) in [5.41, 5.74) is 1.90. The topological polar surface area (TPSA) is 44.8 Å². The molecule has 0 saturated carbocycles. The molecule has 0 aromatic heterocycles. The van der Waals surface area contributed by atoms with Crippen molar-refractivity contribution in [2.45, 2.75) is 39.6 Å². The van der Waals surface area contributed by atoms with Gasteiger partial charge in [-0.3, -0.25) is 0 Å². The molecule has 0 saturated heterocycles. The summed E-state index contributed by atoms with van der Waals surface area (Å²) < 4.78 is 17.1. The molecule has 0 heterocycles. The summed E-state index contributed by atoms with van der Waals surface area (Å²) >= 11 is 0. The third-order valence-corrected chi connectivity index (χ3v) is 4.38. The largest absolute Gasteiger partial charge is 0.497 e. The summed E-state index contributed by atoms with van der Waals surface area (Å²) in [6, 6.07) is 17.8. The quantitative estimate of drug-likeness (QED) is 0.559. The maximum Gasteiger partial charge on any atom is 0.122 e. The van der Waals surface area contributed by atoms with E-state index in [1.807, 2.05) is 54.6 Å². The number of carbonyl (C=O) groups excluding carboxylic acids is 1. The highest BCUT2D eigenvalue weighted by Gasteiger charge is 2.30. The molecular formula is C22H28O4. The van der Waals surface area contributed by atoms with E-state index in [1.54, 1.807) is 7.11 Å². The predicted octanol–water partition coefficient (Wildman–Crippen LogP) is 4.41. The standard InChI is InChI=1S/C22H28O4/c1-22(2,17-25-15-19-9-11-20(24-3)12-10-19)21(13-14-23)26-16-18-7-5-4-6-8-18/h4-12,14,21H,13,15-17H2,1-3H3/t21-/m0/s1. The number of rotatable bonds is 11. The van der Waals surface area contributed by atoms with Crippen LogP contribution in [-0.4, -0.2) is 26.1 Å². The third-order valence-electron chi connectivity index (χ3n) is 4.38. The second-order valence-corrected chi connectivity index (χ2v) is 7.02. The highest BCUT2D eigenvalue weighted by molar-refractivity contribution is 5.50. The van der Waals surface area contributed by atoms with Gasteiger partial charge in [0.15, 0.2) is 0 Å². The molecule has 4 heteroatoms. The van der Waals surface area contributed by atoms with Crippen LogP contribution in [0.4, 0.5) is 0 Å². The Bertz CT molecular complexity index is 650. The molecule has 2 aromatic carbocycles. The molecule has 0 aliphatic carbocycles. The number of benzene rings is 2. The summed E-state index contributed by atoms with van der Waals surface area (Å²) in [7, 11) is 1.65. The summed E-state index contributed by atoms with van der Waals surface area (Å²) in [4.78, 5) is 11.1. The van der Waals surface area contributed by atoms with Crippen LogP contribution in [0.15, 0.2) is 54.6 Å². The molecule has 2 rings (SSSR count). The van der Waals surface area contributed by atoms with Gasteiger partial charge in [-0.15, -0.1) is 0 Å². The van der Waals surface area contributed by atoms with Crippen LogP contribution in [-0.2, 0) is 27.5 Å². The molecule has 0 radical (unpaired) electrons. The molecule has 26 heavy (non-hydrogen) atoms. The number of carbonyl (C=O) groups is 1.